The summed E-state index contributed by atoms with van der Waals surface area (Å²) in [5.74, 6) is -0.359. The first-order valence-electron chi connectivity index (χ1n) is 11.2. The molecule has 0 spiro atoms. The number of hydrogen-bond acceptors (Lipinski definition) is 4. The Hall–Kier alpha value is -0.940. The van der Waals surface area contributed by atoms with Gasteiger partial charge in [0, 0.05) is 6.04 Å². The number of nitrogens with two attached hydrogens (primary N) is 1. The molecule has 0 heterocycles. The van der Waals surface area contributed by atoms with Crippen LogP contribution in [0.25, 0.3) is 0 Å². The first-order valence-corrected chi connectivity index (χ1v) is 11.2. The van der Waals surface area contributed by atoms with Crippen LogP contribution in [0.1, 0.15) is 92.4 Å². The number of imide groups is 1. The molecule has 0 unspecified atom stereocenters. The molecule has 5 heteroatoms. The molecule has 2 amide bonds. The van der Waals surface area contributed by atoms with Crippen LogP contribution in [0.3, 0.4) is 0 Å². The molecule has 27 heavy (non-hydrogen) atoms. The van der Waals surface area contributed by atoms with E-state index in [1.54, 1.807) is 0 Å². The Morgan fingerprint density at radius 2 is 1.59 bits per heavy atom. The van der Waals surface area contributed by atoms with Crippen LogP contribution in [0.4, 0.5) is 0 Å². The van der Waals surface area contributed by atoms with Crippen molar-refractivity contribution in [3.05, 3.63) is 0 Å². The molecule has 1 fully saturated rings. The molecule has 1 aliphatic carbocycles. The molecule has 0 saturated heterocycles. The number of nitrogens with one attached hydrogen (secondary N) is 1. The molecule has 0 aliphatic heterocycles. The standard InChI is InChI=1S/C22H43N3O2/c1-6-7-8-12-15-25(18-13-10-9-11-14-18)20(17(4)5)22(27)24-21(26)19(23)16(2)3/h16-20H,6-15,23H2,1-5H3,(H,24,26,27)/t19-,20-/m0/s1. The van der Waals surface area contributed by atoms with E-state index in [1.807, 2.05) is 13.8 Å². The van der Waals surface area contributed by atoms with Crippen LogP contribution in [0.15, 0.2) is 0 Å². The van der Waals surface area contributed by atoms with Gasteiger partial charge >= 0.3 is 0 Å². The van der Waals surface area contributed by atoms with Crippen molar-refractivity contribution in [1.29, 1.82) is 0 Å². The van der Waals surface area contributed by atoms with Crippen LogP contribution in [0.5, 0.6) is 0 Å². The van der Waals surface area contributed by atoms with E-state index >= 15 is 0 Å². The van der Waals surface area contributed by atoms with Crippen LogP contribution in [-0.4, -0.2) is 41.4 Å². The molecule has 1 aliphatic rings. The first kappa shape index (κ1) is 24.1. The number of unbranched alkanes of at least 4 members (excludes halogenated alkanes) is 3. The lowest BCUT2D eigenvalue weighted by Crippen LogP contribution is -2.57. The van der Waals surface area contributed by atoms with Gasteiger partial charge in [0.25, 0.3) is 0 Å². The second kappa shape index (κ2) is 12.5. The molecule has 3 N–H and O–H groups in total. The summed E-state index contributed by atoms with van der Waals surface area (Å²) in [5.41, 5.74) is 5.94. The van der Waals surface area contributed by atoms with E-state index in [-0.39, 0.29) is 29.7 Å². The van der Waals surface area contributed by atoms with Crippen LogP contribution in [0.2, 0.25) is 0 Å². The SMILES string of the molecule is CCCCCCN(C1CCCCC1)[C@H](C(=O)NC(=O)[C@@H](N)C(C)C)C(C)C. The third-order valence-corrected chi connectivity index (χ3v) is 5.84. The maximum atomic E-state index is 13.1. The maximum absolute atomic E-state index is 13.1. The maximum Gasteiger partial charge on any atom is 0.244 e. The van der Waals surface area contributed by atoms with Crippen molar-refractivity contribution < 1.29 is 9.59 Å². The van der Waals surface area contributed by atoms with Crippen molar-refractivity contribution >= 4 is 11.8 Å². The number of carbonyl (C=O) groups is 2. The first-order chi connectivity index (χ1) is 12.8. The summed E-state index contributed by atoms with van der Waals surface area (Å²) in [7, 11) is 0. The van der Waals surface area contributed by atoms with Gasteiger partial charge in [-0.2, -0.15) is 0 Å². The molecular formula is C22H43N3O2. The number of hydrogen-bond donors (Lipinski definition) is 2. The second-order valence-corrected chi connectivity index (χ2v) is 8.90. The predicted octanol–water partition coefficient (Wildman–Crippen LogP) is 3.85. The zero-order chi connectivity index (χ0) is 20.4. The molecule has 0 radical (unpaired) electrons. The Labute approximate surface area is 166 Å². The average Bonchev–Trinajstić information content (AvgIpc) is 2.63. The number of rotatable bonds is 11. The van der Waals surface area contributed by atoms with Gasteiger partial charge in [0.2, 0.25) is 11.8 Å². The monoisotopic (exact) mass is 381 g/mol. The zero-order valence-corrected chi connectivity index (χ0v) is 18.3. The third kappa shape index (κ3) is 7.90. The lowest BCUT2D eigenvalue weighted by molar-refractivity contribution is -0.136. The summed E-state index contributed by atoms with van der Waals surface area (Å²) in [4.78, 5) is 27.8. The Balaban J connectivity index is 2.89. The van der Waals surface area contributed by atoms with Gasteiger partial charge in [0.15, 0.2) is 0 Å². The minimum atomic E-state index is -0.644. The van der Waals surface area contributed by atoms with E-state index in [0.717, 1.165) is 25.8 Å². The van der Waals surface area contributed by atoms with Crippen molar-refractivity contribution in [2.75, 3.05) is 6.54 Å². The van der Waals surface area contributed by atoms with E-state index in [2.05, 4.69) is 31.0 Å². The molecule has 0 aromatic heterocycles. The molecule has 1 saturated carbocycles. The largest absolute Gasteiger partial charge is 0.320 e. The lowest BCUT2D eigenvalue weighted by Gasteiger charge is -2.41. The number of nitrogens with zero attached hydrogens (tertiary/aromatic N) is 1. The van der Waals surface area contributed by atoms with Gasteiger partial charge in [-0.3, -0.25) is 19.8 Å². The van der Waals surface area contributed by atoms with Gasteiger partial charge in [-0.15, -0.1) is 0 Å². The highest BCUT2D eigenvalue weighted by Crippen LogP contribution is 2.27. The summed E-state index contributed by atoms with van der Waals surface area (Å²) >= 11 is 0. The molecule has 158 valence electrons. The number of amides is 2. The summed E-state index contributed by atoms with van der Waals surface area (Å²) in [6.45, 7) is 11.1. The van der Waals surface area contributed by atoms with Gasteiger partial charge in [-0.05, 0) is 37.6 Å². The minimum Gasteiger partial charge on any atom is -0.320 e. The summed E-state index contributed by atoms with van der Waals surface area (Å²) < 4.78 is 0. The molecular weight excluding hydrogens is 338 g/mol. The Morgan fingerprint density at radius 3 is 2.11 bits per heavy atom. The van der Waals surface area contributed by atoms with Crippen LogP contribution >= 0.6 is 0 Å². The van der Waals surface area contributed by atoms with Crippen molar-refractivity contribution in [3.8, 4) is 0 Å². The Morgan fingerprint density at radius 1 is 0.963 bits per heavy atom. The highest BCUT2D eigenvalue weighted by Gasteiger charge is 2.35. The van der Waals surface area contributed by atoms with Crippen molar-refractivity contribution in [3.63, 3.8) is 0 Å². The third-order valence-electron chi connectivity index (χ3n) is 5.84. The fourth-order valence-electron chi connectivity index (χ4n) is 4.10. The highest BCUT2D eigenvalue weighted by atomic mass is 16.2. The smallest absolute Gasteiger partial charge is 0.244 e. The van der Waals surface area contributed by atoms with Crippen LogP contribution in [0, 0.1) is 11.8 Å². The second-order valence-electron chi connectivity index (χ2n) is 8.90. The van der Waals surface area contributed by atoms with Gasteiger partial charge in [0.05, 0.1) is 12.1 Å². The van der Waals surface area contributed by atoms with Gasteiger partial charge in [-0.1, -0.05) is 73.1 Å². The summed E-state index contributed by atoms with van der Waals surface area (Å²) in [6.07, 6.45) is 10.8. The molecule has 2 atom stereocenters. The molecule has 0 bridgehead atoms. The number of carbonyl (C=O) groups excluding carboxylic acids is 2. The van der Waals surface area contributed by atoms with E-state index in [9.17, 15) is 9.59 Å². The van der Waals surface area contributed by atoms with E-state index in [4.69, 9.17) is 5.73 Å². The summed E-state index contributed by atoms with van der Waals surface area (Å²) in [5, 5.41) is 2.62. The fraction of sp³-hybridized carbons (Fsp3) is 0.909. The topological polar surface area (TPSA) is 75.4 Å². The molecule has 5 nitrogen and oxygen atoms in total. The predicted molar refractivity (Wildman–Crippen MR) is 112 cm³/mol. The fourth-order valence-corrected chi connectivity index (χ4v) is 4.10. The quantitative estimate of drug-likeness (QED) is 0.533. The minimum absolute atomic E-state index is 0.0128. The van der Waals surface area contributed by atoms with Crippen LogP contribution < -0.4 is 11.1 Å². The Kier molecular flexibility index (Phi) is 11.2. The van der Waals surface area contributed by atoms with Crippen LogP contribution in [-0.2, 0) is 9.59 Å². The van der Waals surface area contributed by atoms with Crippen molar-refractivity contribution in [1.82, 2.24) is 10.2 Å². The van der Waals surface area contributed by atoms with Crippen molar-refractivity contribution in [2.45, 2.75) is 111 Å². The highest BCUT2D eigenvalue weighted by molar-refractivity contribution is 6.00. The molecule has 0 aromatic carbocycles. The van der Waals surface area contributed by atoms with E-state index < -0.39 is 6.04 Å². The molecule has 0 aromatic rings. The van der Waals surface area contributed by atoms with E-state index in [1.165, 1.54) is 38.5 Å². The Bertz CT molecular complexity index is 445. The van der Waals surface area contributed by atoms with Crippen molar-refractivity contribution in [2.24, 2.45) is 17.6 Å². The van der Waals surface area contributed by atoms with E-state index in [0.29, 0.717) is 6.04 Å². The summed E-state index contributed by atoms with van der Waals surface area (Å²) in [6, 6.07) is -0.458. The lowest BCUT2D eigenvalue weighted by atomic mass is 9.90. The normalized spacial score (nSPS) is 18.1. The van der Waals surface area contributed by atoms with Gasteiger partial charge in [0.1, 0.15) is 0 Å². The molecule has 1 rings (SSSR count). The zero-order valence-electron chi connectivity index (χ0n) is 18.3. The average molecular weight is 382 g/mol. The van der Waals surface area contributed by atoms with Gasteiger partial charge < -0.3 is 5.73 Å². The van der Waals surface area contributed by atoms with Gasteiger partial charge in [-0.25, -0.2) is 0 Å².